The lowest BCUT2D eigenvalue weighted by Gasteiger charge is -2.11. The highest BCUT2D eigenvalue weighted by atomic mass is 16.5. The fourth-order valence-electron chi connectivity index (χ4n) is 2.05. The molecule has 2 aromatic rings. The molecule has 1 aromatic carbocycles. The molecule has 0 radical (unpaired) electrons. The van der Waals surface area contributed by atoms with E-state index < -0.39 is 0 Å². The van der Waals surface area contributed by atoms with Gasteiger partial charge in [-0.3, -0.25) is 0 Å². The van der Waals surface area contributed by atoms with Crippen LogP contribution >= 0.6 is 0 Å². The molecular weight excluding hydrogens is 268 g/mol. The van der Waals surface area contributed by atoms with Gasteiger partial charge in [-0.25, -0.2) is 4.79 Å². The molecule has 5 nitrogen and oxygen atoms in total. The van der Waals surface area contributed by atoms with Crippen molar-refractivity contribution in [1.82, 2.24) is 5.32 Å². The summed E-state index contributed by atoms with van der Waals surface area (Å²) in [6.07, 6.45) is 0. The van der Waals surface area contributed by atoms with Crippen molar-refractivity contribution in [1.29, 1.82) is 0 Å². The van der Waals surface area contributed by atoms with Crippen LogP contribution in [0.4, 0.5) is 10.5 Å². The van der Waals surface area contributed by atoms with Gasteiger partial charge in [-0.05, 0) is 39.0 Å². The van der Waals surface area contributed by atoms with Crippen molar-refractivity contribution in [2.45, 2.75) is 27.3 Å². The van der Waals surface area contributed by atoms with Gasteiger partial charge < -0.3 is 19.8 Å². The van der Waals surface area contributed by atoms with E-state index in [4.69, 9.17) is 9.15 Å². The summed E-state index contributed by atoms with van der Waals surface area (Å²) in [6.45, 7) is 6.64. The average Bonchev–Trinajstić information content (AvgIpc) is 2.77. The summed E-state index contributed by atoms with van der Waals surface area (Å²) >= 11 is 0. The highest BCUT2D eigenvalue weighted by molar-refractivity contribution is 5.90. The van der Waals surface area contributed by atoms with Crippen LogP contribution in [0.3, 0.4) is 0 Å². The summed E-state index contributed by atoms with van der Waals surface area (Å²) in [5, 5.41) is 5.59. The normalized spacial score (nSPS) is 10.2. The van der Waals surface area contributed by atoms with Crippen LogP contribution in [0.25, 0.3) is 0 Å². The molecule has 0 bridgehead atoms. The zero-order valence-corrected chi connectivity index (χ0v) is 12.5. The Hall–Kier alpha value is -2.43. The maximum atomic E-state index is 12.0. The third-order valence-electron chi connectivity index (χ3n) is 3.02. The quantitative estimate of drug-likeness (QED) is 0.883. The molecule has 2 rings (SSSR count). The van der Waals surface area contributed by atoms with Crippen LogP contribution in [0.15, 0.2) is 34.7 Å². The van der Waals surface area contributed by atoms with Crippen molar-refractivity contribution in [3.05, 3.63) is 47.4 Å². The number of carbonyl (C=O) groups is 1. The molecule has 0 aliphatic rings. The van der Waals surface area contributed by atoms with Crippen molar-refractivity contribution in [3.63, 3.8) is 0 Å². The third-order valence-corrected chi connectivity index (χ3v) is 3.02. The number of anilines is 1. The van der Waals surface area contributed by atoms with Gasteiger partial charge in [0.05, 0.1) is 12.3 Å². The van der Waals surface area contributed by atoms with Crippen LogP contribution in [0, 0.1) is 13.8 Å². The predicted molar refractivity (Wildman–Crippen MR) is 81.7 cm³/mol. The van der Waals surface area contributed by atoms with Crippen LogP contribution in [-0.4, -0.2) is 12.6 Å². The molecule has 5 heteroatoms. The van der Waals surface area contributed by atoms with Crippen LogP contribution in [-0.2, 0) is 6.54 Å². The lowest BCUT2D eigenvalue weighted by molar-refractivity contribution is 0.251. The van der Waals surface area contributed by atoms with Gasteiger partial charge in [-0.1, -0.05) is 12.1 Å². The van der Waals surface area contributed by atoms with Gasteiger partial charge in [0.25, 0.3) is 0 Å². The van der Waals surface area contributed by atoms with E-state index in [2.05, 4.69) is 10.6 Å². The van der Waals surface area contributed by atoms with E-state index in [-0.39, 0.29) is 6.03 Å². The number of urea groups is 1. The first-order valence-corrected chi connectivity index (χ1v) is 6.92. The summed E-state index contributed by atoms with van der Waals surface area (Å²) < 4.78 is 10.9. The minimum absolute atomic E-state index is 0.277. The van der Waals surface area contributed by atoms with Crippen LogP contribution < -0.4 is 15.4 Å². The van der Waals surface area contributed by atoms with E-state index in [1.165, 1.54) is 0 Å². The average molecular weight is 288 g/mol. The number of amides is 2. The maximum absolute atomic E-state index is 12.0. The molecule has 21 heavy (non-hydrogen) atoms. The monoisotopic (exact) mass is 288 g/mol. The summed E-state index contributed by atoms with van der Waals surface area (Å²) in [7, 11) is 0. The van der Waals surface area contributed by atoms with Crippen molar-refractivity contribution in [2.24, 2.45) is 0 Å². The molecule has 112 valence electrons. The largest absolute Gasteiger partial charge is 0.492 e. The Labute approximate surface area is 124 Å². The molecule has 2 N–H and O–H groups in total. The second kappa shape index (κ2) is 6.83. The summed E-state index contributed by atoms with van der Waals surface area (Å²) in [4.78, 5) is 12.0. The lowest BCUT2D eigenvalue weighted by Crippen LogP contribution is -2.28. The Bertz CT molecular complexity index is 620. The number of hydrogen-bond acceptors (Lipinski definition) is 3. The molecule has 0 saturated carbocycles. The molecule has 2 amide bonds. The molecule has 0 atom stereocenters. The van der Waals surface area contributed by atoms with Crippen molar-refractivity contribution < 1.29 is 13.9 Å². The zero-order chi connectivity index (χ0) is 15.2. The number of carbonyl (C=O) groups excluding carboxylic acids is 1. The van der Waals surface area contributed by atoms with Gasteiger partial charge in [-0.15, -0.1) is 0 Å². The number of nitrogens with one attached hydrogen (secondary N) is 2. The standard InChI is InChI=1S/C16H20N2O3/c1-4-20-15-8-6-5-7-14(15)18-16(19)17-10-13-9-11(2)21-12(13)3/h5-9H,4,10H2,1-3H3,(H2,17,18,19). The lowest BCUT2D eigenvalue weighted by atomic mass is 10.2. The number of ether oxygens (including phenoxy) is 1. The van der Waals surface area contributed by atoms with Gasteiger partial charge in [0.1, 0.15) is 17.3 Å². The second-order valence-electron chi connectivity index (χ2n) is 4.68. The smallest absolute Gasteiger partial charge is 0.319 e. The minimum atomic E-state index is -0.277. The van der Waals surface area contributed by atoms with Gasteiger partial charge >= 0.3 is 6.03 Å². The number of rotatable bonds is 5. The molecule has 0 fully saturated rings. The Morgan fingerprint density at radius 1 is 1.29 bits per heavy atom. The Morgan fingerprint density at radius 2 is 2.05 bits per heavy atom. The minimum Gasteiger partial charge on any atom is -0.492 e. The van der Waals surface area contributed by atoms with Crippen molar-refractivity contribution >= 4 is 11.7 Å². The Balaban J connectivity index is 1.94. The Morgan fingerprint density at radius 3 is 2.71 bits per heavy atom. The van der Waals surface area contributed by atoms with Gasteiger partial charge in [0, 0.05) is 12.1 Å². The highest BCUT2D eigenvalue weighted by Crippen LogP contribution is 2.23. The maximum Gasteiger partial charge on any atom is 0.319 e. The summed E-state index contributed by atoms with van der Waals surface area (Å²) in [5.41, 5.74) is 1.62. The summed E-state index contributed by atoms with van der Waals surface area (Å²) in [6, 6.07) is 8.98. The van der Waals surface area contributed by atoms with Crippen LogP contribution in [0.2, 0.25) is 0 Å². The first-order chi connectivity index (χ1) is 10.1. The molecule has 0 saturated heterocycles. The molecule has 0 spiro atoms. The van der Waals surface area contributed by atoms with Gasteiger partial charge in [0.2, 0.25) is 0 Å². The van der Waals surface area contributed by atoms with Crippen molar-refractivity contribution in [2.75, 3.05) is 11.9 Å². The van der Waals surface area contributed by atoms with E-state index >= 15 is 0 Å². The zero-order valence-electron chi connectivity index (χ0n) is 12.5. The van der Waals surface area contributed by atoms with Crippen molar-refractivity contribution in [3.8, 4) is 5.75 Å². The number of para-hydroxylation sites is 2. The van der Waals surface area contributed by atoms with Crippen LogP contribution in [0.5, 0.6) is 5.75 Å². The first-order valence-electron chi connectivity index (χ1n) is 6.92. The first kappa shape index (κ1) is 15.0. The van der Waals surface area contributed by atoms with Crippen LogP contribution in [0.1, 0.15) is 24.0 Å². The second-order valence-corrected chi connectivity index (χ2v) is 4.68. The SMILES string of the molecule is CCOc1ccccc1NC(=O)NCc1cc(C)oc1C. The number of benzene rings is 1. The van der Waals surface area contributed by atoms with Gasteiger partial charge in [-0.2, -0.15) is 0 Å². The molecule has 1 aromatic heterocycles. The van der Waals surface area contributed by atoms with Gasteiger partial charge in [0.15, 0.2) is 0 Å². The Kier molecular flexibility index (Phi) is 4.87. The number of furan rings is 1. The predicted octanol–water partition coefficient (Wildman–Crippen LogP) is 3.62. The molecule has 0 aliphatic heterocycles. The molecular formula is C16H20N2O3. The molecule has 1 heterocycles. The molecule has 0 aliphatic carbocycles. The van der Waals surface area contributed by atoms with E-state index in [1.54, 1.807) is 6.07 Å². The fourth-order valence-corrected chi connectivity index (χ4v) is 2.05. The van der Waals surface area contributed by atoms with E-state index in [0.29, 0.717) is 24.6 Å². The third kappa shape index (κ3) is 4.02. The van der Waals surface area contributed by atoms with E-state index in [1.807, 2.05) is 45.0 Å². The van der Waals surface area contributed by atoms with E-state index in [0.717, 1.165) is 17.1 Å². The number of aryl methyl sites for hydroxylation is 2. The molecule has 0 unspecified atom stereocenters. The topological polar surface area (TPSA) is 63.5 Å². The van der Waals surface area contributed by atoms with E-state index in [9.17, 15) is 4.79 Å². The highest BCUT2D eigenvalue weighted by Gasteiger charge is 2.09. The number of hydrogen-bond donors (Lipinski definition) is 2. The fraction of sp³-hybridized carbons (Fsp3) is 0.312. The summed E-state index contributed by atoms with van der Waals surface area (Å²) in [5.74, 6) is 2.32.